The number of benzene rings is 1. The summed E-state index contributed by atoms with van der Waals surface area (Å²) in [6.45, 7) is 2.29. The van der Waals surface area contributed by atoms with Crippen LogP contribution < -0.4 is 0 Å². The summed E-state index contributed by atoms with van der Waals surface area (Å²) in [6, 6.07) is 12.8. The molecule has 0 saturated carbocycles. The van der Waals surface area contributed by atoms with Crippen LogP contribution in [0, 0.1) is 0 Å². The van der Waals surface area contributed by atoms with E-state index in [9.17, 15) is 4.79 Å². The molecule has 1 unspecified atom stereocenters. The van der Waals surface area contributed by atoms with E-state index in [2.05, 4.69) is 0 Å². The van der Waals surface area contributed by atoms with Gasteiger partial charge in [0.25, 0.3) is 0 Å². The van der Waals surface area contributed by atoms with Crippen molar-refractivity contribution in [2.75, 3.05) is 0 Å². The lowest BCUT2D eigenvalue weighted by molar-refractivity contribution is 0.0360. The first kappa shape index (κ1) is 12.4. The fraction of sp³-hybridized carbons (Fsp3) is 0.214. The highest BCUT2D eigenvalue weighted by Crippen LogP contribution is 2.21. The number of carboxylic acids is 1. The second-order valence-corrected chi connectivity index (χ2v) is 3.95. The maximum Gasteiger partial charge on any atom is 0.371 e. The molecule has 1 aromatic heterocycles. The fourth-order valence-corrected chi connectivity index (χ4v) is 1.56. The molecule has 94 valence electrons. The number of rotatable bonds is 5. The van der Waals surface area contributed by atoms with Crippen molar-refractivity contribution in [2.45, 2.75) is 19.6 Å². The van der Waals surface area contributed by atoms with Crippen molar-refractivity contribution in [3.05, 3.63) is 59.5 Å². The molecule has 0 aliphatic rings. The molecule has 0 saturated heterocycles. The third kappa shape index (κ3) is 2.99. The predicted molar refractivity (Wildman–Crippen MR) is 65.3 cm³/mol. The number of hydrogen-bond acceptors (Lipinski definition) is 3. The van der Waals surface area contributed by atoms with Crippen LogP contribution in [-0.2, 0) is 11.3 Å². The molecule has 1 heterocycles. The van der Waals surface area contributed by atoms with Gasteiger partial charge in [-0.05, 0) is 24.6 Å². The van der Waals surface area contributed by atoms with E-state index >= 15 is 0 Å². The zero-order valence-corrected chi connectivity index (χ0v) is 10.00. The van der Waals surface area contributed by atoms with E-state index in [0.717, 1.165) is 5.56 Å². The van der Waals surface area contributed by atoms with Gasteiger partial charge in [-0.15, -0.1) is 0 Å². The summed E-state index contributed by atoms with van der Waals surface area (Å²) in [5, 5.41) is 8.75. The third-order valence-corrected chi connectivity index (χ3v) is 2.58. The highest BCUT2D eigenvalue weighted by molar-refractivity contribution is 5.84. The van der Waals surface area contributed by atoms with E-state index in [0.29, 0.717) is 12.4 Å². The maximum absolute atomic E-state index is 10.7. The monoisotopic (exact) mass is 246 g/mol. The first-order chi connectivity index (χ1) is 8.66. The second kappa shape index (κ2) is 5.51. The Morgan fingerprint density at radius 1 is 1.28 bits per heavy atom. The molecule has 2 rings (SSSR count). The minimum Gasteiger partial charge on any atom is -0.475 e. The number of carboxylic acid groups (broad SMARTS) is 1. The van der Waals surface area contributed by atoms with E-state index in [4.69, 9.17) is 14.3 Å². The zero-order chi connectivity index (χ0) is 13.0. The normalized spacial score (nSPS) is 12.3. The number of furan rings is 1. The van der Waals surface area contributed by atoms with Crippen LogP contribution in [0.3, 0.4) is 0 Å². The highest BCUT2D eigenvalue weighted by Gasteiger charge is 2.14. The largest absolute Gasteiger partial charge is 0.475 e. The Morgan fingerprint density at radius 3 is 2.61 bits per heavy atom. The summed E-state index contributed by atoms with van der Waals surface area (Å²) in [5.74, 6) is -0.625. The number of hydrogen-bond donors (Lipinski definition) is 1. The lowest BCUT2D eigenvalue weighted by Gasteiger charge is -2.10. The van der Waals surface area contributed by atoms with Crippen molar-refractivity contribution < 1.29 is 19.1 Å². The van der Waals surface area contributed by atoms with E-state index < -0.39 is 5.97 Å². The van der Waals surface area contributed by atoms with E-state index in [1.54, 1.807) is 6.07 Å². The summed E-state index contributed by atoms with van der Waals surface area (Å²) in [6.07, 6.45) is -0.279. The quantitative estimate of drug-likeness (QED) is 0.879. The average molecular weight is 246 g/mol. The van der Waals surface area contributed by atoms with Crippen molar-refractivity contribution in [1.82, 2.24) is 0 Å². The van der Waals surface area contributed by atoms with Gasteiger partial charge in [-0.3, -0.25) is 0 Å². The van der Waals surface area contributed by atoms with Gasteiger partial charge in [-0.25, -0.2) is 4.79 Å². The topological polar surface area (TPSA) is 59.7 Å². The Hall–Kier alpha value is -2.07. The lowest BCUT2D eigenvalue weighted by atomic mass is 10.2. The molecule has 18 heavy (non-hydrogen) atoms. The van der Waals surface area contributed by atoms with Gasteiger partial charge in [0, 0.05) is 0 Å². The van der Waals surface area contributed by atoms with Gasteiger partial charge in [-0.2, -0.15) is 0 Å². The zero-order valence-electron chi connectivity index (χ0n) is 10.00. The molecular formula is C14H14O4. The van der Waals surface area contributed by atoms with Gasteiger partial charge >= 0.3 is 5.97 Å². The van der Waals surface area contributed by atoms with Crippen LogP contribution >= 0.6 is 0 Å². The molecule has 4 nitrogen and oxygen atoms in total. The van der Waals surface area contributed by atoms with Gasteiger partial charge in [-0.1, -0.05) is 30.3 Å². The first-order valence-electron chi connectivity index (χ1n) is 5.65. The van der Waals surface area contributed by atoms with Gasteiger partial charge in [0.05, 0.1) is 6.61 Å². The van der Waals surface area contributed by atoms with Crippen molar-refractivity contribution in [3.63, 3.8) is 0 Å². The van der Waals surface area contributed by atoms with Crippen molar-refractivity contribution in [2.24, 2.45) is 0 Å². The van der Waals surface area contributed by atoms with Crippen molar-refractivity contribution in [3.8, 4) is 0 Å². The Morgan fingerprint density at radius 2 is 2.00 bits per heavy atom. The molecule has 1 atom stereocenters. The first-order valence-corrected chi connectivity index (χ1v) is 5.65. The summed E-state index contributed by atoms with van der Waals surface area (Å²) in [4.78, 5) is 10.7. The van der Waals surface area contributed by atoms with Gasteiger partial charge in [0.15, 0.2) is 0 Å². The van der Waals surface area contributed by atoms with Crippen LogP contribution in [-0.4, -0.2) is 11.1 Å². The molecule has 1 N–H and O–H groups in total. The van der Waals surface area contributed by atoms with Crippen LogP contribution in [0.15, 0.2) is 46.9 Å². The van der Waals surface area contributed by atoms with Crippen LogP contribution in [0.4, 0.5) is 0 Å². The van der Waals surface area contributed by atoms with Gasteiger partial charge in [0.2, 0.25) is 5.76 Å². The highest BCUT2D eigenvalue weighted by atomic mass is 16.5. The molecule has 2 aromatic rings. The molecule has 0 bridgehead atoms. The molecule has 1 aromatic carbocycles. The predicted octanol–water partition coefficient (Wildman–Crippen LogP) is 3.26. The average Bonchev–Trinajstić information content (AvgIpc) is 2.87. The Kier molecular flexibility index (Phi) is 3.79. The Labute approximate surface area is 105 Å². The summed E-state index contributed by atoms with van der Waals surface area (Å²) in [7, 11) is 0. The molecule has 4 heteroatoms. The number of carbonyl (C=O) groups is 1. The molecule has 0 amide bonds. The third-order valence-electron chi connectivity index (χ3n) is 2.58. The van der Waals surface area contributed by atoms with E-state index in [1.807, 2.05) is 37.3 Å². The lowest BCUT2D eigenvalue weighted by Crippen LogP contribution is -1.99. The number of ether oxygens (including phenoxy) is 1. The fourth-order valence-electron chi connectivity index (χ4n) is 1.56. The molecular weight excluding hydrogens is 232 g/mol. The van der Waals surface area contributed by atoms with Crippen LogP contribution in [0.2, 0.25) is 0 Å². The Balaban J connectivity index is 1.95. The minimum absolute atomic E-state index is 0.0693. The minimum atomic E-state index is -1.07. The van der Waals surface area contributed by atoms with Crippen LogP contribution in [0.25, 0.3) is 0 Å². The Bertz CT molecular complexity index is 516. The van der Waals surface area contributed by atoms with Gasteiger partial charge < -0.3 is 14.3 Å². The molecule has 0 fully saturated rings. The second-order valence-electron chi connectivity index (χ2n) is 3.95. The molecule has 0 spiro atoms. The maximum atomic E-state index is 10.7. The van der Waals surface area contributed by atoms with Crippen molar-refractivity contribution in [1.29, 1.82) is 0 Å². The van der Waals surface area contributed by atoms with Crippen molar-refractivity contribution >= 4 is 5.97 Å². The molecule has 0 aliphatic carbocycles. The molecule has 0 aliphatic heterocycles. The number of aromatic carboxylic acids is 1. The van der Waals surface area contributed by atoms with Gasteiger partial charge in [0.1, 0.15) is 11.9 Å². The van der Waals surface area contributed by atoms with E-state index in [-0.39, 0.29) is 11.9 Å². The van der Waals surface area contributed by atoms with Crippen LogP contribution in [0.5, 0.6) is 0 Å². The summed E-state index contributed by atoms with van der Waals surface area (Å²) in [5.41, 5.74) is 1.06. The van der Waals surface area contributed by atoms with Crippen LogP contribution in [0.1, 0.15) is 34.9 Å². The standard InChI is InChI=1S/C14H14O4/c1-10(12-7-8-13(18-12)14(15)16)17-9-11-5-3-2-4-6-11/h2-8,10H,9H2,1H3,(H,15,16). The molecule has 0 radical (unpaired) electrons. The van der Waals surface area contributed by atoms with E-state index in [1.165, 1.54) is 6.07 Å². The summed E-state index contributed by atoms with van der Waals surface area (Å²) < 4.78 is 10.8. The SMILES string of the molecule is CC(OCc1ccccc1)c1ccc(C(=O)O)o1. The summed E-state index contributed by atoms with van der Waals surface area (Å²) >= 11 is 0. The smallest absolute Gasteiger partial charge is 0.371 e.